The fourth-order valence-electron chi connectivity index (χ4n) is 2.80. The first-order valence-electron chi connectivity index (χ1n) is 8.59. The molecular formula is C19H20N2O5S. The van der Waals surface area contributed by atoms with Gasteiger partial charge in [0.25, 0.3) is 15.9 Å². The van der Waals surface area contributed by atoms with Crippen molar-refractivity contribution in [3.05, 3.63) is 59.2 Å². The molecule has 0 atom stereocenters. The fraction of sp³-hybridized carbons (Fsp3) is 0.263. The Morgan fingerprint density at radius 3 is 2.48 bits per heavy atom. The summed E-state index contributed by atoms with van der Waals surface area (Å²) in [6.07, 6.45) is 0.786. The van der Waals surface area contributed by atoms with Crippen LogP contribution in [0, 0.1) is 0 Å². The van der Waals surface area contributed by atoms with Crippen LogP contribution >= 0.6 is 0 Å². The Balaban J connectivity index is 1.95. The lowest BCUT2D eigenvalue weighted by Gasteiger charge is -2.29. The number of rotatable bonds is 5. The average Bonchev–Trinajstić information content (AvgIpc) is 2.68. The van der Waals surface area contributed by atoms with Crippen LogP contribution in [-0.2, 0) is 21.2 Å². The molecule has 1 heterocycles. The minimum atomic E-state index is -4.02. The van der Waals surface area contributed by atoms with Gasteiger partial charge in [0, 0.05) is 5.69 Å². The number of amides is 1. The number of esters is 1. The van der Waals surface area contributed by atoms with E-state index in [1.165, 1.54) is 24.3 Å². The van der Waals surface area contributed by atoms with Crippen LogP contribution in [0.4, 0.5) is 5.69 Å². The molecule has 7 nitrogen and oxygen atoms in total. The Hall–Kier alpha value is -2.87. The summed E-state index contributed by atoms with van der Waals surface area (Å²) in [5.41, 5.74) is 1.78. The van der Waals surface area contributed by atoms with Crippen LogP contribution in [0.1, 0.15) is 40.1 Å². The number of benzene rings is 2. The van der Waals surface area contributed by atoms with Crippen molar-refractivity contribution in [2.75, 3.05) is 18.6 Å². The Morgan fingerprint density at radius 1 is 1.15 bits per heavy atom. The van der Waals surface area contributed by atoms with Gasteiger partial charge in [0.15, 0.2) is 0 Å². The normalized spacial score (nSPS) is 13.7. The largest absolute Gasteiger partial charge is 0.462 e. The molecule has 8 heteroatoms. The first kappa shape index (κ1) is 18.9. The third kappa shape index (κ3) is 3.52. The summed E-state index contributed by atoms with van der Waals surface area (Å²) in [4.78, 5) is 24.8. The minimum absolute atomic E-state index is 0.0415. The number of aryl methyl sites for hydroxylation is 1. The van der Waals surface area contributed by atoms with E-state index in [9.17, 15) is 18.0 Å². The van der Waals surface area contributed by atoms with Gasteiger partial charge in [0.1, 0.15) is 6.67 Å². The molecule has 1 aliphatic heterocycles. The van der Waals surface area contributed by atoms with Crippen LogP contribution in [0.15, 0.2) is 47.4 Å². The molecule has 2 aromatic rings. The summed E-state index contributed by atoms with van der Waals surface area (Å²) in [5, 5.41) is 2.91. The molecule has 2 aromatic carbocycles. The van der Waals surface area contributed by atoms with E-state index in [1.54, 1.807) is 25.1 Å². The quantitative estimate of drug-likeness (QED) is 0.792. The lowest BCUT2D eigenvalue weighted by atomic mass is 10.1. The lowest BCUT2D eigenvalue weighted by molar-refractivity contribution is 0.0526. The standard InChI is InChI=1S/C19H20N2O5S/c1-3-13-5-8-15(9-6-13)27(24,25)21-12-20-17-10-7-14(19(23)26-4-2)11-16(17)18(21)22/h5-11,20H,3-4,12H2,1-2H3. The second-order valence-electron chi connectivity index (χ2n) is 5.97. The number of anilines is 1. The molecule has 0 saturated carbocycles. The van der Waals surface area contributed by atoms with E-state index < -0.39 is 21.9 Å². The highest BCUT2D eigenvalue weighted by Crippen LogP contribution is 2.28. The zero-order chi connectivity index (χ0) is 19.6. The number of carbonyl (C=O) groups is 2. The van der Waals surface area contributed by atoms with Crippen molar-refractivity contribution in [3.63, 3.8) is 0 Å². The number of nitrogens with zero attached hydrogens (tertiary/aromatic N) is 1. The van der Waals surface area contributed by atoms with Crippen LogP contribution < -0.4 is 5.32 Å². The van der Waals surface area contributed by atoms with E-state index in [-0.39, 0.29) is 29.3 Å². The van der Waals surface area contributed by atoms with E-state index >= 15 is 0 Å². The van der Waals surface area contributed by atoms with Gasteiger partial charge in [-0.3, -0.25) is 4.79 Å². The maximum Gasteiger partial charge on any atom is 0.338 e. The van der Waals surface area contributed by atoms with E-state index in [2.05, 4.69) is 5.32 Å². The van der Waals surface area contributed by atoms with Crippen molar-refractivity contribution in [1.82, 2.24) is 4.31 Å². The summed E-state index contributed by atoms with van der Waals surface area (Å²) in [6, 6.07) is 10.9. The number of carbonyl (C=O) groups excluding carboxylic acids is 2. The van der Waals surface area contributed by atoms with Crippen LogP contribution in [0.2, 0.25) is 0 Å². The van der Waals surface area contributed by atoms with Gasteiger partial charge in [-0.1, -0.05) is 19.1 Å². The lowest BCUT2D eigenvalue weighted by Crippen LogP contribution is -2.44. The van der Waals surface area contributed by atoms with Gasteiger partial charge in [-0.05, 0) is 49.2 Å². The van der Waals surface area contributed by atoms with Crippen LogP contribution in [0.25, 0.3) is 0 Å². The average molecular weight is 388 g/mol. The van der Waals surface area contributed by atoms with Gasteiger partial charge in [0.05, 0.1) is 22.6 Å². The number of ether oxygens (including phenoxy) is 1. The van der Waals surface area contributed by atoms with Crippen molar-refractivity contribution in [3.8, 4) is 0 Å². The second-order valence-corrected chi connectivity index (χ2v) is 7.83. The molecule has 0 aliphatic carbocycles. The van der Waals surface area contributed by atoms with Gasteiger partial charge in [-0.15, -0.1) is 0 Å². The predicted molar refractivity (Wildman–Crippen MR) is 100 cm³/mol. The Morgan fingerprint density at radius 2 is 1.85 bits per heavy atom. The molecule has 0 spiro atoms. The Bertz CT molecular complexity index is 984. The highest BCUT2D eigenvalue weighted by Gasteiger charge is 2.34. The SMILES string of the molecule is CCOC(=O)c1ccc2c(c1)C(=O)N(S(=O)(=O)c1ccc(CC)cc1)CN2. The summed E-state index contributed by atoms with van der Waals surface area (Å²) in [7, 11) is -4.02. The molecule has 27 heavy (non-hydrogen) atoms. The molecule has 0 aromatic heterocycles. The summed E-state index contributed by atoms with van der Waals surface area (Å²) >= 11 is 0. The topological polar surface area (TPSA) is 92.8 Å². The molecule has 142 valence electrons. The maximum atomic E-state index is 12.9. The molecule has 0 saturated heterocycles. The zero-order valence-electron chi connectivity index (χ0n) is 15.1. The summed E-state index contributed by atoms with van der Waals surface area (Å²) < 4.78 is 31.5. The molecule has 1 N–H and O–H groups in total. The van der Waals surface area contributed by atoms with Crippen LogP contribution in [0.5, 0.6) is 0 Å². The second kappa shape index (κ2) is 7.40. The van der Waals surface area contributed by atoms with Crippen LogP contribution in [0.3, 0.4) is 0 Å². The van der Waals surface area contributed by atoms with Gasteiger partial charge in [-0.2, -0.15) is 0 Å². The smallest absolute Gasteiger partial charge is 0.338 e. The molecule has 0 unspecified atom stereocenters. The minimum Gasteiger partial charge on any atom is -0.462 e. The monoisotopic (exact) mass is 388 g/mol. The molecule has 3 rings (SSSR count). The number of hydrogen-bond acceptors (Lipinski definition) is 6. The van der Waals surface area contributed by atoms with Crippen molar-refractivity contribution >= 4 is 27.6 Å². The highest BCUT2D eigenvalue weighted by atomic mass is 32.2. The summed E-state index contributed by atoms with van der Waals surface area (Å²) in [6.45, 7) is 3.68. The molecular weight excluding hydrogens is 368 g/mol. The molecule has 0 radical (unpaired) electrons. The fourth-order valence-corrected chi connectivity index (χ4v) is 4.08. The van der Waals surface area contributed by atoms with Crippen molar-refractivity contribution in [2.45, 2.75) is 25.2 Å². The van der Waals surface area contributed by atoms with E-state index in [1.807, 2.05) is 6.92 Å². The van der Waals surface area contributed by atoms with E-state index in [0.717, 1.165) is 16.3 Å². The van der Waals surface area contributed by atoms with E-state index in [0.29, 0.717) is 5.69 Å². The van der Waals surface area contributed by atoms with Gasteiger partial charge in [0.2, 0.25) is 0 Å². The molecule has 0 bridgehead atoms. The van der Waals surface area contributed by atoms with Gasteiger partial charge in [-0.25, -0.2) is 17.5 Å². The number of hydrogen-bond donors (Lipinski definition) is 1. The zero-order valence-corrected chi connectivity index (χ0v) is 15.9. The third-order valence-corrected chi connectivity index (χ3v) is 6.06. The molecule has 0 fully saturated rings. The van der Waals surface area contributed by atoms with Crippen LogP contribution in [-0.4, -0.2) is 37.9 Å². The maximum absolute atomic E-state index is 12.9. The van der Waals surface area contributed by atoms with Gasteiger partial charge >= 0.3 is 5.97 Å². The predicted octanol–water partition coefficient (Wildman–Crippen LogP) is 2.64. The van der Waals surface area contributed by atoms with Crippen molar-refractivity contribution in [1.29, 1.82) is 0 Å². The summed E-state index contributed by atoms with van der Waals surface area (Å²) in [5.74, 6) is -1.25. The van der Waals surface area contributed by atoms with E-state index in [4.69, 9.17) is 4.74 Å². The van der Waals surface area contributed by atoms with Gasteiger partial charge < -0.3 is 10.1 Å². The first-order valence-corrected chi connectivity index (χ1v) is 10.0. The Labute approximate surface area is 158 Å². The van der Waals surface area contributed by atoms with Crippen molar-refractivity contribution in [2.24, 2.45) is 0 Å². The number of sulfonamides is 1. The third-order valence-electron chi connectivity index (χ3n) is 4.32. The number of fused-ring (bicyclic) bond motifs is 1. The first-order chi connectivity index (χ1) is 12.9. The molecule has 1 amide bonds. The van der Waals surface area contributed by atoms with Crippen molar-refractivity contribution < 1.29 is 22.7 Å². The highest BCUT2D eigenvalue weighted by molar-refractivity contribution is 7.89. The number of nitrogens with one attached hydrogen (secondary N) is 1. The Kier molecular flexibility index (Phi) is 5.18. The molecule has 1 aliphatic rings.